The molecule has 0 aromatic rings. The van der Waals surface area contributed by atoms with Gasteiger partial charge in [-0.1, -0.05) is 33.1 Å². The molecule has 0 bridgehead atoms. The van der Waals surface area contributed by atoms with Gasteiger partial charge in [-0.15, -0.1) is 0 Å². The first kappa shape index (κ1) is 13.4. The zero-order valence-corrected chi connectivity index (χ0v) is 11.8. The lowest BCUT2D eigenvalue weighted by atomic mass is 9.99. The van der Waals surface area contributed by atoms with Gasteiger partial charge in [0.2, 0.25) is 0 Å². The van der Waals surface area contributed by atoms with Crippen molar-refractivity contribution in [3.05, 3.63) is 0 Å². The van der Waals surface area contributed by atoms with Crippen LogP contribution in [0.25, 0.3) is 0 Å². The first-order valence-corrected chi connectivity index (χ1v) is 7.75. The predicted octanol–water partition coefficient (Wildman–Crippen LogP) is 3.03. The van der Waals surface area contributed by atoms with Gasteiger partial charge in [0, 0.05) is 18.6 Å². The quantitative estimate of drug-likeness (QED) is 0.792. The summed E-state index contributed by atoms with van der Waals surface area (Å²) in [7, 11) is 0. The first-order chi connectivity index (χ1) is 8.27. The van der Waals surface area contributed by atoms with Crippen molar-refractivity contribution < 1.29 is 0 Å². The topological polar surface area (TPSA) is 15.3 Å². The summed E-state index contributed by atoms with van der Waals surface area (Å²) >= 11 is 0. The van der Waals surface area contributed by atoms with Crippen molar-refractivity contribution in [1.29, 1.82) is 0 Å². The maximum absolute atomic E-state index is 3.73. The van der Waals surface area contributed by atoms with Crippen LogP contribution in [-0.4, -0.2) is 36.6 Å². The van der Waals surface area contributed by atoms with Crippen LogP contribution in [0.15, 0.2) is 0 Å². The first-order valence-electron chi connectivity index (χ1n) is 7.75. The third kappa shape index (κ3) is 4.59. The summed E-state index contributed by atoms with van der Waals surface area (Å²) in [6.07, 6.45) is 9.98. The smallest absolute Gasteiger partial charge is 0.0243 e. The van der Waals surface area contributed by atoms with Crippen LogP contribution >= 0.6 is 0 Å². The molecule has 17 heavy (non-hydrogen) atoms. The molecule has 0 radical (unpaired) electrons. The molecule has 2 nitrogen and oxygen atoms in total. The molecule has 2 rings (SSSR count). The van der Waals surface area contributed by atoms with Gasteiger partial charge < -0.3 is 5.32 Å². The Kier molecular flexibility index (Phi) is 5.30. The van der Waals surface area contributed by atoms with Crippen molar-refractivity contribution in [2.75, 3.05) is 19.6 Å². The Labute approximate surface area is 107 Å². The van der Waals surface area contributed by atoms with Crippen LogP contribution in [0.5, 0.6) is 0 Å². The number of hydrogen-bond donors (Lipinski definition) is 1. The van der Waals surface area contributed by atoms with E-state index < -0.39 is 0 Å². The molecule has 1 atom stereocenters. The minimum atomic E-state index is 0.758. The number of nitrogens with zero attached hydrogens (tertiary/aromatic N) is 1. The van der Waals surface area contributed by atoms with Gasteiger partial charge in [0.05, 0.1) is 0 Å². The van der Waals surface area contributed by atoms with Crippen LogP contribution in [0.2, 0.25) is 0 Å². The van der Waals surface area contributed by atoms with Gasteiger partial charge in [-0.3, -0.25) is 4.90 Å². The largest absolute Gasteiger partial charge is 0.312 e. The van der Waals surface area contributed by atoms with Gasteiger partial charge in [0.15, 0.2) is 0 Å². The molecule has 100 valence electrons. The minimum Gasteiger partial charge on any atom is -0.312 e. The van der Waals surface area contributed by atoms with Crippen molar-refractivity contribution >= 4 is 0 Å². The van der Waals surface area contributed by atoms with Gasteiger partial charge in [0.25, 0.3) is 0 Å². The molecule has 1 aliphatic carbocycles. The highest BCUT2D eigenvalue weighted by atomic mass is 15.2. The summed E-state index contributed by atoms with van der Waals surface area (Å²) in [4.78, 5) is 2.76. The summed E-state index contributed by atoms with van der Waals surface area (Å²) in [5.74, 6) is 0.778. The summed E-state index contributed by atoms with van der Waals surface area (Å²) in [5, 5.41) is 3.73. The van der Waals surface area contributed by atoms with Crippen molar-refractivity contribution in [3.63, 3.8) is 0 Å². The van der Waals surface area contributed by atoms with Crippen molar-refractivity contribution in [3.8, 4) is 0 Å². The Morgan fingerprint density at radius 2 is 1.59 bits per heavy atom. The van der Waals surface area contributed by atoms with Gasteiger partial charge in [0.1, 0.15) is 0 Å². The molecule has 2 aliphatic rings. The molecule has 1 saturated heterocycles. The highest BCUT2D eigenvalue weighted by molar-refractivity contribution is 4.85. The fourth-order valence-electron chi connectivity index (χ4n) is 2.96. The normalized spacial score (nSPS) is 25.6. The molecule has 1 aliphatic heterocycles. The van der Waals surface area contributed by atoms with Crippen LogP contribution in [0.1, 0.15) is 58.8 Å². The highest BCUT2D eigenvalue weighted by Crippen LogP contribution is 2.21. The Morgan fingerprint density at radius 1 is 1.00 bits per heavy atom. The lowest BCUT2D eigenvalue weighted by molar-refractivity contribution is 0.138. The van der Waals surface area contributed by atoms with Crippen LogP contribution in [0.4, 0.5) is 0 Å². The van der Waals surface area contributed by atoms with E-state index in [0.29, 0.717) is 0 Å². The molecule has 0 spiro atoms. The molecule has 2 fully saturated rings. The van der Waals surface area contributed by atoms with Gasteiger partial charge in [-0.2, -0.15) is 0 Å². The van der Waals surface area contributed by atoms with Gasteiger partial charge >= 0.3 is 0 Å². The number of likely N-dealkylation sites (tertiary alicyclic amines) is 1. The molecule has 1 N–H and O–H groups in total. The van der Waals surface area contributed by atoms with E-state index in [2.05, 4.69) is 24.1 Å². The average Bonchev–Trinajstić information content (AvgIpc) is 3.03. The van der Waals surface area contributed by atoms with Crippen LogP contribution in [0.3, 0.4) is 0 Å². The molecule has 1 heterocycles. The van der Waals surface area contributed by atoms with E-state index in [9.17, 15) is 0 Å². The van der Waals surface area contributed by atoms with E-state index in [0.717, 1.165) is 18.0 Å². The Hall–Kier alpha value is -0.0800. The standard InChI is InChI=1S/C15H30N2/c1-13(2)15(12-16-14-8-9-14)17-10-6-4-3-5-7-11-17/h13-16H,3-12H2,1-2H3. The molecule has 0 aromatic heterocycles. The Bertz CT molecular complexity index is 203. The van der Waals surface area contributed by atoms with E-state index >= 15 is 0 Å². The van der Waals surface area contributed by atoms with E-state index in [1.807, 2.05) is 0 Å². The maximum atomic E-state index is 3.73. The molecular weight excluding hydrogens is 208 g/mol. The van der Waals surface area contributed by atoms with Crippen molar-refractivity contribution in [1.82, 2.24) is 10.2 Å². The second-order valence-corrected chi connectivity index (χ2v) is 6.30. The Balaban J connectivity index is 1.82. The number of rotatable bonds is 5. The predicted molar refractivity (Wildman–Crippen MR) is 74.3 cm³/mol. The van der Waals surface area contributed by atoms with Crippen LogP contribution < -0.4 is 5.32 Å². The van der Waals surface area contributed by atoms with E-state index in [1.165, 1.54) is 64.6 Å². The zero-order chi connectivity index (χ0) is 12.1. The monoisotopic (exact) mass is 238 g/mol. The fourth-order valence-corrected chi connectivity index (χ4v) is 2.96. The minimum absolute atomic E-state index is 0.758. The van der Waals surface area contributed by atoms with E-state index in [1.54, 1.807) is 0 Å². The molecule has 0 aromatic carbocycles. The molecule has 2 heteroatoms. The maximum Gasteiger partial charge on any atom is 0.0243 e. The summed E-state index contributed by atoms with van der Waals surface area (Å²) in [5.41, 5.74) is 0. The summed E-state index contributed by atoms with van der Waals surface area (Å²) in [6.45, 7) is 8.64. The SMILES string of the molecule is CC(C)C(CNC1CC1)N1CCCCCCC1. The molecule has 1 unspecified atom stereocenters. The van der Waals surface area contributed by atoms with Crippen LogP contribution in [-0.2, 0) is 0 Å². The van der Waals surface area contributed by atoms with Crippen molar-refractivity contribution in [2.45, 2.75) is 70.9 Å². The lowest BCUT2D eigenvalue weighted by Crippen LogP contribution is -2.47. The number of nitrogens with one attached hydrogen (secondary N) is 1. The van der Waals surface area contributed by atoms with Gasteiger partial charge in [-0.25, -0.2) is 0 Å². The average molecular weight is 238 g/mol. The summed E-state index contributed by atoms with van der Waals surface area (Å²) < 4.78 is 0. The van der Waals surface area contributed by atoms with Crippen molar-refractivity contribution in [2.24, 2.45) is 5.92 Å². The van der Waals surface area contributed by atoms with Gasteiger partial charge in [-0.05, 0) is 44.7 Å². The van der Waals surface area contributed by atoms with Crippen LogP contribution in [0, 0.1) is 5.92 Å². The Morgan fingerprint density at radius 3 is 2.12 bits per heavy atom. The molecule has 0 amide bonds. The third-order valence-electron chi connectivity index (χ3n) is 4.32. The number of hydrogen-bond acceptors (Lipinski definition) is 2. The van der Waals surface area contributed by atoms with E-state index in [-0.39, 0.29) is 0 Å². The lowest BCUT2D eigenvalue weighted by Gasteiger charge is -2.36. The fraction of sp³-hybridized carbons (Fsp3) is 1.00. The molecule has 1 saturated carbocycles. The van der Waals surface area contributed by atoms with E-state index in [4.69, 9.17) is 0 Å². The molecular formula is C15H30N2. The summed E-state index contributed by atoms with van der Waals surface area (Å²) in [6, 6.07) is 1.61. The third-order valence-corrected chi connectivity index (χ3v) is 4.32. The highest BCUT2D eigenvalue weighted by Gasteiger charge is 2.26. The second-order valence-electron chi connectivity index (χ2n) is 6.30. The second kappa shape index (κ2) is 6.75. The zero-order valence-electron chi connectivity index (χ0n) is 11.8.